The van der Waals surface area contributed by atoms with Crippen molar-refractivity contribution in [2.75, 3.05) is 13.1 Å². The van der Waals surface area contributed by atoms with Crippen molar-refractivity contribution < 1.29 is 0 Å². The number of rotatable bonds is 7. The maximum absolute atomic E-state index is 3.90. The molecule has 2 unspecified atom stereocenters. The average molecular weight is 220 g/mol. The van der Waals surface area contributed by atoms with Crippen LogP contribution < -0.4 is 5.32 Å². The fourth-order valence-electron chi connectivity index (χ4n) is 2.94. The summed E-state index contributed by atoms with van der Waals surface area (Å²) in [4.78, 5) is 2.72. The minimum Gasteiger partial charge on any atom is -0.314 e. The van der Waals surface area contributed by atoms with E-state index in [1.807, 2.05) is 0 Å². The monoisotopic (exact) mass is 220 g/mol. The molecule has 3 aliphatic carbocycles. The summed E-state index contributed by atoms with van der Waals surface area (Å²) >= 11 is 0. The Bertz CT molecular complexity index is 255. The van der Waals surface area contributed by atoms with Crippen molar-refractivity contribution in [3.05, 3.63) is 12.7 Å². The smallest absolute Gasteiger partial charge is 0.0166 e. The molecule has 0 spiro atoms. The molecule has 2 heteroatoms. The summed E-state index contributed by atoms with van der Waals surface area (Å²) in [5.74, 6) is 0.918. The quantitative estimate of drug-likeness (QED) is 0.662. The van der Waals surface area contributed by atoms with Crippen molar-refractivity contribution in [3.63, 3.8) is 0 Å². The lowest BCUT2D eigenvalue weighted by Gasteiger charge is -2.44. The van der Waals surface area contributed by atoms with Crippen LogP contribution >= 0.6 is 0 Å². The lowest BCUT2D eigenvalue weighted by atomic mass is 9.78. The van der Waals surface area contributed by atoms with E-state index in [0.29, 0.717) is 0 Å². The lowest BCUT2D eigenvalue weighted by Crippen LogP contribution is -2.51. The van der Waals surface area contributed by atoms with Crippen molar-refractivity contribution in [2.24, 2.45) is 5.92 Å². The molecule has 0 amide bonds. The number of nitrogens with one attached hydrogen (secondary N) is 1. The predicted octanol–water partition coefficient (Wildman–Crippen LogP) is 2.17. The molecule has 2 nitrogen and oxygen atoms in total. The highest BCUT2D eigenvalue weighted by atomic mass is 15.2. The van der Waals surface area contributed by atoms with Gasteiger partial charge >= 0.3 is 0 Å². The van der Waals surface area contributed by atoms with Gasteiger partial charge in [-0.3, -0.25) is 4.90 Å². The first-order valence-electron chi connectivity index (χ1n) is 6.98. The van der Waals surface area contributed by atoms with Crippen molar-refractivity contribution in [2.45, 2.75) is 56.7 Å². The van der Waals surface area contributed by atoms with Crippen LogP contribution in [0.3, 0.4) is 0 Å². The Morgan fingerprint density at radius 1 is 1.12 bits per heavy atom. The van der Waals surface area contributed by atoms with Gasteiger partial charge in [0, 0.05) is 24.7 Å². The first kappa shape index (κ1) is 10.8. The summed E-state index contributed by atoms with van der Waals surface area (Å²) in [5.41, 5.74) is 0. The summed E-state index contributed by atoms with van der Waals surface area (Å²) in [6, 6.07) is 2.62. The summed E-state index contributed by atoms with van der Waals surface area (Å²) < 4.78 is 0. The van der Waals surface area contributed by atoms with E-state index in [-0.39, 0.29) is 0 Å². The third kappa shape index (κ3) is 2.33. The first-order chi connectivity index (χ1) is 7.88. The molecule has 90 valence electrons. The fourth-order valence-corrected chi connectivity index (χ4v) is 2.94. The van der Waals surface area contributed by atoms with Crippen LogP contribution in [0.1, 0.15) is 38.5 Å². The molecule has 3 rings (SSSR count). The van der Waals surface area contributed by atoms with Crippen LogP contribution in [0.4, 0.5) is 0 Å². The first-order valence-corrected chi connectivity index (χ1v) is 6.98. The van der Waals surface area contributed by atoms with Crippen LogP contribution in [-0.4, -0.2) is 36.1 Å². The van der Waals surface area contributed by atoms with Crippen LogP contribution in [0.5, 0.6) is 0 Å². The minimum atomic E-state index is 0.858. The fraction of sp³-hybridized carbons (Fsp3) is 0.857. The van der Waals surface area contributed by atoms with Gasteiger partial charge in [-0.1, -0.05) is 6.08 Å². The van der Waals surface area contributed by atoms with Crippen molar-refractivity contribution in [3.8, 4) is 0 Å². The van der Waals surface area contributed by atoms with E-state index in [0.717, 1.165) is 30.6 Å². The molecule has 0 heterocycles. The molecule has 0 saturated heterocycles. The van der Waals surface area contributed by atoms with Crippen LogP contribution in [0, 0.1) is 5.92 Å². The Morgan fingerprint density at radius 3 is 2.44 bits per heavy atom. The van der Waals surface area contributed by atoms with Crippen LogP contribution in [0.25, 0.3) is 0 Å². The Morgan fingerprint density at radius 2 is 1.94 bits per heavy atom. The molecule has 0 bridgehead atoms. The van der Waals surface area contributed by atoms with E-state index in [4.69, 9.17) is 0 Å². The van der Waals surface area contributed by atoms with Gasteiger partial charge in [0.15, 0.2) is 0 Å². The summed E-state index contributed by atoms with van der Waals surface area (Å²) in [6.45, 7) is 6.27. The van der Waals surface area contributed by atoms with E-state index in [9.17, 15) is 0 Å². The van der Waals surface area contributed by atoms with E-state index >= 15 is 0 Å². The SMILES string of the molecule is C=CCN(C1CC1)C1CCC1CNC1CC1. The molecule has 16 heavy (non-hydrogen) atoms. The molecule has 3 saturated carbocycles. The summed E-state index contributed by atoms with van der Waals surface area (Å²) in [5, 5.41) is 3.69. The molecular weight excluding hydrogens is 196 g/mol. The highest BCUT2D eigenvalue weighted by Gasteiger charge is 2.41. The third-order valence-corrected chi connectivity index (χ3v) is 4.41. The molecule has 0 aromatic carbocycles. The molecular formula is C14H24N2. The number of nitrogens with zero attached hydrogens (tertiary/aromatic N) is 1. The zero-order valence-corrected chi connectivity index (χ0v) is 10.2. The topological polar surface area (TPSA) is 15.3 Å². The van der Waals surface area contributed by atoms with Gasteiger partial charge in [0.05, 0.1) is 0 Å². The minimum absolute atomic E-state index is 0.858. The van der Waals surface area contributed by atoms with Gasteiger partial charge in [0.2, 0.25) is 0 Å². The number of hydrogen-bond donors (Lipinski definition) is 1. The Labute approximate surface area is 99.1 Å². The van der Waals surface area contributed by atoms with Crippen LogP contribution in [0.2, 0.25) is 0 Å². The van der Waals surface area contributed by atoms with Gasteiger partial charge < -0.3 is 5.32 Å². The van der Waals surface area contributed by atoms with Gasteiger partial charge in [-0.25, -0.2) is 0 Å². The predicted molar refractivity (Wildman–Crippen MR) is 67.5 cm³/mol. The molecule has 3 aliphatic rings. The molecule has 1 N–H and O–H groups in total. The van der Waals surface area contributed by atoms with E-state index < -0.39 is 0 Å². The maximum atomic E-state index is 3.90. The van der Waals surface area contributed by atoms with Crippen molar-refractivity contribution >= 4 is 0 Å². The number of hydrogen-bond acceptors (Lipinski definition) is 2. The molecule has 2 atom stereocenters. The Kier molecular flexibility index (Phi) is 3.03. The second-order valence-corrected chi connectivity index (χ2v) is 5.80. The standard InChI is InChI=1S/C14H24N2/c1-2-9-16(13-6-7-13)14-8-3-11(14)10-15-12-4-5-12/h2,11-15H,1,3-10H2. The zero-order valence-electron chi connectivity index (χ0n) is 10.2. The zero-order chi connectivity index (χ0) is 11.0. The average Bonchev–Trinajstić information content (AvgIpc) is 3.10. The van der Waals surface area contributed by atoms with E-state index in [1.165, 1.54) is 45.1 Å². The Balaban J connectivity index is 1.49. The summed E-state index contributed by atoms with van der Waals surface area (Å²) in [6.07, 6.45) is 10.6. The molecule has 3 fully saturated rings. The normalized spacial score (nSPS) is 33.8. The Hall–Kier alpha value is -0.340. The highest BCUT2D eigenvalue weighted by molar-refractivity contribution is 4.99. The van der Waals surface area contributed by atoms with Gasteiger partial charge in [-0.2, -0.15) is 0 Å². The van der Waals surface area contributed by atoms with E-state index in [2.05, 4.69) is 22.9 Å². The van der Waals surface area contributed by atoms with Crippen molar-refractivity contribution in [1.82, 2.24) is 10.2 Å². The second kappa shape index (κ2) is 4.50. The molecule has 0 aromatic rings. The highest BCUT2D eigenvalue weighted by Crippen LogP contribution is 2.39. The largest absolute Gasteiger partial charge is 0.314 e. The lowest BCUT2D eigenvalue weighted by molar-refractivity contribution is 0.0647. The summed E-state index contributed by atoms with van der Waals surface area (Å²) in [7, 11) is 0. The van der Waals surface area contributed by atoms with E-state index in [1.54, 1.807) is 0 Å². The van der Waals surface area contributed by atoms with Crippen LogP contribution in [-0.2, 0) is 0 Å². The van der Waals surface area contributed by atoms with Gasteiger partial charge in [0.25, 0.3) is 0 Å². The van der Waals surface area contributed by atoms with Crippen LogP contribution in [0.15, 0.2) is 12.7 Å². The van der Waals surface area contributed by atoms with Crippen molar-refractivity contribution in [1.29, 1.82) is 0 Å². The van der Waals surface area contributed by atoms with Gasteiger partial charge in [-0.05, 0) is 51.0 Å². The maximum Gasteiger partial charge on any atom is 0.0166 e. The molecule has 0 aliphatic heterocycles. The van der Waals surface area contributed by atoms with Gasteiger partial charge in [-0.15, -0.1) is 6.58 Å². The third-order valence-electron chi connectivity index (χ3n) is 4.41. The second-order valence-electron chi connectivity index (χ2n) is 5.80. The molecule has 0 aromatic heterocycles. The van der Waals surface area contributed by atoms with Gasteiger partial charge in [0.1, 0.15) is 0 Å². The molecule has 0 radical (unpaired) electrons.